The Balaban J connectivity index is 3.23. The molecule has 0 aliphatic rings. The summed E-state index contributed by atoms with van der Waals surface area (Å²) in [7, 11) is -2.93. The smallest absolute Gasteiger partial charge is 0.246 e. The lowest BCUT2D eigenvalue weighted by molar-refractivity contribution is -0.132. The first-order chi connectivity index (χ1) is 2.27. The first kappa shape index (κ1) is 4.82. The molecule has 0 rings (SSSR count). The summed E-state index contributed by atoms with van der Waals surface area (Å²) in [6.45, 7) is 0. The molecule has 2 N–H and O–H groups in total. The summed E-state index contributed by atoms with van der Waals surface area (Å²) in [4.78, 5) is 0. The molecule has 0 unspecified atom stereocenters. The van der Waals surface area contributed by atoms with Crippen LogP contribution < -0.4 is 0 Å². The molecule has 0 amide bonds. The Bertz CT molecular complexity index is 61.7. The standard InChI is InChI=1S/HO4P/c1-4-5(2)3/h1H/p+1. The van der Waals surface area contributed by atoms with Crippen molar-refractivity contribution < 1.29 is 19.1 Å². The zero-order valence-corrected chi connectivity index (χ0v) is 3.07. The third kappa shape index (κ3) is 3.82. The van der Waals surface area contributed by atoms with Gasteiger partial charge >= 0.3 is 7.91 Å². The summed E-state index contributed by atoms with van der Waals surface area (Å²) in [6, 6.07) is 0. The third-order valence-corrected chi connectivity index (χ3v) is 0.224. The maximum Gasteiger partial charge on any atom is 0.540 e. The summed E-state index contributed by atoms with van der Waals surface area (Å²) in [5.74, 6) is 0. The monoisotopic (exact) mass is 97.0 g/mol. The Morgan fingerprint density at radius 1 is 1.60 bits per heavy atom. The van der Waals surface area contributed by atoms with Gasteiger partial charge in [-0.25, -0.2) is 5.26 Å². The van der Waals surface area contributed by atoms with E-state index >= 15 is 0 Å². The van der Waals surface area contributed by atoms with Crippen LogP contribution in [-0.4, -0.2) is 5.26 Å². The minimum atomic E-state index is -2.93. The molecule has 4 nitrogen and oxygen atoms in total. The van der Waals surface area contributed by atoms with Crippen LogP contribution in [0.1, 0.15) is 0 Å². The van der Waals surface area contributed by atoms with Gasteiger partial charge in [-0.1, -0.05) is 0 Å². The van der Waals surface area contributed by atoms with Gasteiger partial charge in [0.25, 0.3) is 0 Å². The molecule has 0 aliphatic carbocycles. The lowest BCUT2D eigenvalue weighted by Crippen LogP contribution is -1.50. The van der Waals surface area contributed by atoms with E-state index < -0.39 is 7.91 Å². The Labute approximate surface area is 28.2 Å². The molecule has 5 heavy (non-hydrogen) atoms. The van der Waals surface area contributed by atoms with Crippen LogP contribution in [0.5, 0.6) is 0 Å². The Morgan fingerprint density at radius 3 is 1.80 bits per heavy atom. The highest BCUT2D eigenvalue weighted by atomic mass is 31.1. The minimum Gasteiger partial charge on any atom is -0.246 e. The SMILES string of the molecule is O=P(=O)O[OH2+]. The fourth-order valence-corrected chi connectivity index (χ4v) is 0. The largest absolute Gasteiger partial charge is 0.540 e. The molecule has 0 spiro atoms. The van der Waals surface area contributed by atoms with Crippen LogP contribution in [0.2, 0.25) is 0 Å². The van der Waals surface area contributed by atoms with E-state index in [1.807, 2.05) is 0 Å². The average molecular weight is 97.0 g/mol. The van der Waals surface area contributed by atoms with Gasteiger partial charge in [0.05, 0.1) is 0 Å². The molecule has 0 fully saturated rings. The van der Waals surface area contributed by atoms with Gasteiger partial charge in [0, 0.05) is 4.67 Å². The summed E-state index contributed by atoms with van der Waals surface area (Å²) >= 11 is 0. The molecule has 0 atom stereocenters. The van der Waals surface area contributed by atoms with E-state index in [0.29, 0.717) is 0 Å². The normalized spacial score (nSPS) is 7.40. The molecule has 0 bridgehead atoms. The van der Waals surface area contributed by atoms with E-state index in [1.165, 1.54) is 0 Å². The predicted octanol–water partition coefficient (Wildman–Crippen LogP) is -0.270. The third-order valence-electron chi connectivity index (χ3n) is 0.0745. The van der Waals surface area contributed by atoms with Gasteiger partial charge in [-0.3, -0.25) is 0 Å². The van der Waals surface area contributed by atoms with Crippen molar-refractivity contribution in [3.8, 4) is 0 Å². The first-order valence-corrected chi connectivity index (χ1v) is 1.85. The summed E-state index contributed by atoms with van der Waals surface area (Å²) < 4.78 is 20.9. The molecule has 0 aromatic carbocycles. The number of hydrogen-bond donors (Lipinski definition) is 0. The Morgan fingerprint density at radius 2 is 1.80 bits per heavy atom. The van der Waals surface area contributed by atoms with E-state index in [1.54, 1.807) is 0 Å². The molecular formula is H2O4P+. The van der Waals surface area contributed by atoms with E-state index in [2.05, 4.69) is 4.67 Å². The second kappa shape index (κ2) is 2.08. The Hall–Kier alpha value is -0.180. The molecule has 0 saturated carbocycles. The van der Waals surface area contributed by atoms with Crippen LogP contribution in [0.3, 0.4) is 0 Å². The van der Waals surface area contributed by atoms with Crippen molar-refractivity contribution in [2.45, 2.75) is 0 Å². The van der Waals surface area contributed by atoms with Crippen molar-refractivity contribution in [3.63, 3.8) is 0 Å². The van der Waals surface area contributed by atoms with Crippen molar-refractivity contribution in [2.24, 2.45) is 0 Å². The van der Waals surface area contributed by atoms with Crippen LogP contribution in [0, 0.1) is 0 Å². The summed E-state index contributed by atoms with van der Waals surface area (Å²) in [6.07, 6.45) is 0. The van der Waals surface area contributed by atoms with E-state index in [0.717, 1.165) is 0 Å². The molecule has 5 heteroatoms. The number of rotatable bonds is 1. The van der Waals surface area contributed by atoms with Crippen LogP contribution in [-0.2, 0) is 13.8 Å². The van der Waals surface area contributed by atoms with Crippen molar-refractivity contribution in [2.75, 3.05) is 0 Å². The van der Waals surface area contributed by atoms with E-state index in [9.17, 15) is 0 Å². The van der Waals surface area contributed by atoms with Gasteiger partial charge in [-0.15, -0.1) is 0 Å². The van der Waals surface area contributed by atoms with Gasteiger partial charge in [0.1, 0.15) is 0 Å². The summed E-state index contributed by atoms with van der Waals surface area (Å²) in [5, 5.41) is 5.56. The highest BCUT2D eigenvalue weighted by Gasteiger charge is 1.81. The van der Waals surface area contributed by atoms with Crippen LogP contribution in [0.4, 0.5) is 0 Å². The fraction of sp³-hybridized carbons (Fsp3) is 0. The van der Waals surface area contributed by atoms with Crippen LogP contribution in [0.15, 0.2) is 0 Å². The maximum atomic E-state index is 9.00. The lowest BCUT2D eigenvalue weighted by atomic mass is 15.0. The second-order valence-electron chi connectivity index (χ2n) is 0.315. The predicted molar refractivity (Wildman–Crippen MR) is 13.0 cm³/mol. The molecule has 30 valence electrons. The van der Waals surface area contributed by atoms with E-state index in [-0.39, 0.29) is 0 Å². The van der Waals surface area contributed by atoms with Crippen molar-refractivity contribution in [1.82, 2.24) is 0 Å². The highest BCUT2D eigenvalue weighted by molar-refractivity contribution is 7.24. The molecule has 0 aromatic rings. The lowest BCUT2D eigenvalue weighted by Gasteiger charge is -1.52. The number of hydrogen-bond acceptors (Lipinski definition) is 3. The molecule has 0 radical (unpaired) electrons. The molecule has 0 aromatic heterocycles. The second-order valence-corrected chi connectivity index (χ2v) is 0.945. The molecule has 0 saturated heterocycles. The quantitative estimate of drug-likeness (QED) is 0.196. The molecular weight excluding hydrogens is 95.0 g/mol. The zero-order valence-electron chi connectivity index (χ0n) is 2.17. The van der Waals surface area contributed by atoms with Gasteiger partial charge in [-0.2, -0.15) is 9.13 Å². The van der Waals surface area contributed by atoms with Crippen LogP contribution in [0.25, 0.3) is 0 Å². The average Bonchev–Trinajstić information content (AvgIpc) is 1.38. The van der Waals surface area contributed by atoms with Gasteiger partial charge in [0.15, 0.2) is 0 Å². The van der Waals surface area contributed by atoms with Gasteiger partial charge in [0.2, 0.25) is 0 Å². The Kier molecular flexibility index (Phi) is 2.01. The zero-order chi connectivity index (χ0) is 4.28. The summed E-state index contributed by atoms with van der Waals surface area (Å²) in [5.41, 5.74) is 0. The molecule has 0 heterocycles. The minimum absolute atomic E-state index is 2.93. The van der Waals surface area contributed by atoms with Crippen molar-refractivity contribution in [3.05, 3.63) is 0 Å². The van der Waals surface area contributed by atoms with E-state index in [4.69, 9.17) is 14.4 Å². The van der Waals surface area contributed by atoms with Crippen molar-refractivity contribution in [1.29, 1.82) is 0 Å². The first-order valence-electron chi connectivity index (χ1n) is 0.752. The van der Waals surface area contributed by atoms with Crippen molar-refractivity contribution >= 4 is 7.91 Å². The van der Waals surface area contributed by atoms with Crippen LogP contribution >= 0.6 is 7.91 Å². The highest BCUT2D eigenvalue weighted by Crippen LogP contribution is 1.97. The molecule has 0 aliphatic heterocycles. The fourth-order valence-electron chi connectivity index (χ4n) is 0. The van der Waals surface area contributed by atoms with Gasteiger partial charge < -0.3 is 0 Å². The van der Waals surface area contributed by atoms with Gasteiger partial charge in [-0.05, 0) is 0 Å². The topological polar surface area (TPSA) is 66.3 Å². The maximum absolute atomic E-state index is 9.00.